The maximum atomic E-state index is 13.6. The minimum atomic E-state index is -4.01. The third-order valence-electron chi connectivity index (χ3n) is 4.22. The highest BCUT2D eigenvalue weighted by atomic mass is 32.2. The highest BCUT2D eigenvalue weighted by Crippen LogP contribution is 2.16. The van der Waals surface area contributed by atoms with Crippen molar-refractivity contribution in [3.63, 3.8) is 0 Å². The summed E-state index contributed by atoms with van der Waals surface area (Å²) in [6.45, 7) is 1.69. The van der Waals surface area contributed by atoms with Crippen molar-refractivity contribution >= 4 is 15.9 Å². The Bertz CT molecular complexity index is 1070. The molecule has 2 aromatic carbocycles. The van der Waals surface area contributed by atoms with E-state index in [1.165, 1.54) is 24.5 Å². The summed E-state index contributed by atoms with van der Waals surface area (Å²) in [6.07, 6.45) is 2.95. The van der Waals surface area contributed by atoms with E-state index >= 15 is 0 Å². The molecule has 1 amide bonds. The van der Waals surface area contributed by atoms with Crippen LogP contribution in [0.3, 0.4) is 0 Å². The third kappa shape index (κ3) is 5.24. The fraction of sp³-hybridized carbons (Fsp3) is 0.211. The van der Waals surface area contributed by atoms with Gasteiger partial charge in [0.05, 0.1) is 11.7 Å². The lowest BCUT2D eigenvalue weighted by atomic mass is 10.1. The summed E-state index contributed by atoms with van der Waals surface area (Å²) in [7, 11) is -4.01. The van der Waals surface area contributed by atoms with Gasteiger partial charge in [-0.3, -0.25) is 4.79 Å². The zero-order valence-electron chi connectivity index (χ0n) is 15.6. The van der Waals surface area contributed by atoms with Crippen molar-refractivity contribution in [1.29, 1.82) is 0 Å². The fourth-order valence-corrected chi connectivity index (χ4v) is 3.80. The number of halogens is 1. The molecule has 0 saturated heterocycles. The lowest BCUT2D eigenvalue weighted by Crippen LogP contribution is -2.32. The highest BCUT2D eigenvalue weighted by Gasteiger charge is 2.18. The summed E-state index contributed by atoms with van der Waals surface area (Å²) in [5, 5.41) is 6.85. The van der Waals surface area contributed by atoms with E-state index in [9.17, 15) is 17.6 Å². The van der Waals surface area contributed by atoms with E-state index in [1.54, 1.807) is 11.0 Å². The third-order valence-corrected chi connectivity index (χ3v) is 5.72. The van der Waals surface area contributed by atoms with Gasteiger partial charge in [0.1, 0.15) is 23.4 Å². The van der Waals surface area contributed by atoms with Crippen LogP contribution in [0.1, 0.15) is 24.9 Å². The van der Waals surface area contributed by atoms with E-state index < -0.39 is 20.7 Å². The fourth-order valence-electron chi connectivity index (χ4n) is 2.69. The number of rotatable bonds is 8. The normalized spacial score (nSPS) is 12.5. The molecule has 3 rings (SSSR count). The first-order valence-electron chi connectivity index (χ1n) is 8.85. The first-order valence-corrected chi connectivity index (χ1v) is 10.3. The number of nitrogens with one attached hydrogen (secondary N) is 2. The van der Waals surface area contributed by atoms with Crippen molar-refractivity contribution in [2.24, 2.45) is 0 Å². The number of carbonyl (C=O) groups is 1. The quantitative estimate of drug-likeness (QED) is 0.583. The smallest absolute Gasteiger partial charge is 0.243 e. The Hall–Kier alpha value is -3.11. The van der Waals surface area contributed by atoms with Crippen LogP contribution in [0.5, 0.6) is 0 Å². The Morgan fingerprint density at radius 3 is 2.55 bits per heavy atom. The van der Waals surface area contributed by atoms with Gasteiger partial charge in [0.15, 0.2) is 0 Å². The maximum absolute atomic E-state index is 13.6. The second kappa shape index (κ2) is 8.93. The molecule has 29 heavy (non-hydrogen) atoms. The molecule has 152 valence electrons. The van der Waals surface area contributed by atoms with Crippen LogP contribution in [-0.2, 0) is 14.8 Å². The first kappa shape index (κ1) is 20.6. The zero-order chi connectivity index (χ0) is 20.9. The Labute approximate surface area is 167 Å². The maximum Gasteiger partial charge on any atom is 0.243 e. The number of nitrogens with zero attached hydrogens (tertiary/aromatic N) is 3. The Kier molecular flexibility index (Phi) is 6.35. The summed E-state index contributed by atoms with van der Waals surface area (Å²) in [5.41, 5.74) is 1.72. The van der Waals surface area contributed by atoms with Crippen molar-refractivity contribution in [1.82, 2.24) is 24.8 Å². The lowest BCUT2D eigenvalue weighted by molar-refractivity contribution is -0.121. The lowest BCUT2D eigenvalue weighted by Gasteiger charge is -2.15. The first-order chi connectivity index (χ1) is 13.9. The summed E-state index contributed by atoms with van der Waals surface area (Å²) in [5.74, 6) is -1.17. The van der Waals surface area contributed by atoms with Gasteiger partial charge in [-0.2, -0.15) is 5.10 Å². The van der Waals surface area contributed by atoms with Gasteiger partial charge in [-0.1, -0.05) is 24.3 Å². The minimum Gasteiger partial charge on any atom is -0.350 e. The van der Waals surface area contributed by atoms with E-state index in [0.29, 0.717) is 0 Å². The van der Waals surface area contributed by atoms with Gasteiger partial charge in [-0.15, -0.1) is 0 Å². The molecular formula is C19H20FN5O3S. The minimum absolute atomic E-state index is 0.0743. The molecule has 1 atom stereocenters. The van der Waals surface area contributed by atoms with Crippen LogP contribution in [0.2, 0.25) is 0 Å². The molecular weight excluding hydrogens is 397 g/mol. The number of aromatic nitrogens is 3. The molecule has 1 heterocycles. The molecule has 0 aliphatic heterocycles. The van der Waals surface area contributed by atoms with Crippen molar-refractivity contribution in [2.75, 3.05) is 6.54 Å². The number of amides is 1. The van der Waals surface area contributed by atoms with Crippen LogP contribution in [0.4, 0.5) is 4.39 Å². The average molecular weight is 417 g/mol. The monoisotopic (exact) mass is 417 g/mol. The molecule has 0 aliphatic carbocycles. The molecule has 0 bridgehead atoms. The Morgan fingerprint density at radius 1 is 1.17 bits per heavy atom. The number of benzene rings is 2. The van der Waals surface area contributed by atoms with E-state index in [1.807, 2.05) is 31.2 Å². The van der Waals surface area contributed by atoms with Crippen molar-refractivity contribution < 1.29 is 17.6 Å². The average Bonchev–Trinajstić information content (AvgIpc) is 3.23. The standard InChI is InChI=1S/C19H20FN5O3S/c1-14(15-6-8-16(9-7-15)25-13-21-12-22-25)24-19(26)10-11-23-29(27,28)18-5-3-2-4-17(18)20/h2-9,12-14,23H,10-11H2,1H3,(H,24,26). The van der Waals surface area contributed by atoms with E-state index in [2.05, 4.69) is 20.1 Å². The van der Waals surface area contributed by atoms with Gasteiger partial charge in [0.2, 0.25) is 15.9 Å². The summed E-state index contributed by atoms with van der Waals surface area (Å²) >= 11 is 0. The molecule has 0 spiro atoms. The van der Waals surface area contributed by atoms with Gasteiger partial charge in [-0.05, 0) is 36.8 Å². The zero-order valence-corrected chi connectivity index (χ0v) is 16.4. The van der Waals surface area contributed by atoms with Crippen molar-refractivity contribution in [3.8, 4) is 5.69 Å². The molecule has 0 aliphatic rings. The second-order valence-corrected chi connectivity index (χ2v) is 8.03. The molecule has 0 saturated carbocycles. The number of hydrogen-bond acceptors (Lipinski definition) is 5. The molecule has 10 heteroatoms. The number of sulfonamides is 1. The SMILES string of the molecule is CC(NC(=O)CCNS(=O)(=O)c1ccccc1F)c1ccc(-n2cncn2)cc1. The Balaban J connectivity index is 1.51. The van der Waals surface area contributed by atoms with Gasteiger partial charge < -0.3 is 5.32 Å². The van der Waals surface area contributed by atoms with Gasteiger partial charge in [0, 0.05) is 13.0 Å². The predicted molar refractivity (Wildman–Crippen MR) is 104 cm³/mol. The molecule has 8 nitrogen and oxygen atoms in total. The topological polar surface area (TPSA) is 106 Å². The van der Waals surface area contributed by atoms with Crippen LogP contribution < -0.4 is 10.0 Å². The van der Waals surface area contributed by atoms with Crippen molar-refractivity contribution in [3.05, 3.63) is 72.6 Å². The van der Waals surface area contributed by atoms with Gasteiger partial charge in [0.25, 0.3) is 0 Å². The molecule has 3 aromatic rings. The van der Waals surface area contributed by atoms with Crippen molar-refractivity contribution in [2.45, 2.75) is 24.3 Å². The van der Waals surface area contributed by atoms with E-state index in [4.69, 9.17) is 0 Å². The van der Waals surface area contributed by atoms with Crippen LogP contribution in [-0.4, -0.2) is 35.6 Å². The van der Waals surface area contributed by atoms with Gasteiger partial charge in [-0.25, -0.2) is 27.2 Å². The molecule has 1 aromatic heterocycles. The molecule has 1 unspecified atom stereocenters. The van der Waals surface area contributed by atoms with Crippen LogP contribution in [0, 0.1) is 5.82 Å². The van der Waals surface area contributed by atoms with Crippen LogP contribution >= 0.6 is 0 Å². The van der Waals surface area contributed by atoms with Gasteiger partial charge >= 0.3 is 0 Å². The summed E-state index contributed by atoms with van der Waals surface area (Å²) in [6, 6.07) is 12.2. The highest BCUT2D eigenvalue weighted by molar-refractivity contribution is 7.89. The largest absolute Gasteiger partial charge is 0.350 e. The number of hydrogen-bond donors (Lipinski definition) is 2. The van der Waals surface area contributed by atoms with Crippen LogP contribution in [0.25, 0.3) is 5.69 Å². The van der Waals surface area contributed by atoms with Crippen LogP contribution in [0.15, 0.2) is 66.1 Å². The molecule has 0 radical (unpaired) electrons. The van der Waals surface area contributed by atoms with E-state index in [-0.39, 0.29) is 24.9 Å². The summed E-state index contributed by atoms with van der Waals surface area (Å²) in [4.78, 5) is 15.6. The summed E-state index contributed by atoms with van der Waals surface area (Å²) < 4.78 is 41.7. The second-order valence-electron chi connectivity index (χ2n) is 6.30. The predicted octanol–water partition coefficient (Wildman–Crippen LogP) is 1.95. The number of carbonyl (C=O) groups excluding carboxylic acids is 1. The van der Waals surface area contributed by atoms with E-state index in [0.717, 1.165) is 17.3 Å². The molecule has 2 N–H and O–H groups in total. The Morgan fingerprint density at radius 2 is 1.90 bits per heavy atom. The molecule has 0 fully saturated rings.